The first-order chi connectivity index (χ1) is 7.20. The van der Waals surface area contributed by atoms with Crippen LogP contribution < -0.4 is 0 Å². The molecule has 1 aliphatic heterocycles. The summed E-state index contributed by atoms with van der Waals surface area (Å²) in [5, 5.41) is 9.02. The number of carboxylic acid groups (broad SMARTS) is 1. The van der Waals surface area contributed by atoms with Gasteiger partial charge in [-0.15, -0.1) is 11.3 Å². The molecule has 0 aliphatic carbocycles. The average Bonchev–Trinajstić information content (AvgIpc) is 2.67. The predicted molar refractivity (Wildman–Crippen MR) is 58.3 cm³/mol. The van der Waals surface area contributed by atoms with E-state index in [1.54, 1.807) is 5.51 Å². The third-order valence-corrected chi connectivity index (χ3v) is 3.71. The SMILES string of the molecule is CN1CCCCC1c1ncsc1C(=O)O. The summed E-state index contributed by atoms with van der Waals surface area (Å²) >= 11 is 1.22. The minimum absolute atomic E-state index is 0.191. The first kappa shape index (κ1) is 10.6. The molecule has 82 valence electrons. The van der Waals surface area contributed by atoms with Gasteiger partial charge in [-0.25, -0.2) is 9.78 Å². The molecule has 15 heavy (non-hydrogen) atoms. The number of carboxylic acids is 1. The van der Waals surface area contributed by atoms with Crippen LogP contribution in [0, 0.1) is 0 Å². The Hall–Kier alpha value is -0.940. The molecule has 1 atom stereocenters. The van der Waals surface area contributed by atoms with Crippen molar-refractivity contribution in [1.82, 2.24) is 9.88 Å². The highest BCUT2D eigenvalue weighted by Crippen LogP contribution is 2.32. The second-order valence-corrected chi connectivity index (χ2v) is 4.72. The molecule has 1 N–H and O–H groups in total. The summed E-state index contributed by atoms with van der Waals surface area (Å²) in [5.41, 5.74) is 2.37. The molecule has 0 saturated carbocycles. The molecule has 0 bridgehead atoms. The second-order valence-electron chi connectivity index (χ2n) is 3.86. The third-order valence-electron chi connectivity index (χ3n) is 2.88. The highest BCUT2D eigenvalue weighted by molar-refractivity contribution is 7.11. The van der Waals surface area contributed by atoms with Crippen LogP contribution >= 0.6 is 11.3 Å². The Bertz CT molecular complexity index is 364. The van der Waals surface area contributed by atoms with E-state index in [4.69, 9.17) is 5.11 Å². The van der Waals surface area contributed by atoms with Crippen molar-refractivity contribution in [1.29, 1.82) is 0 Å². The van der Waals surface area contributed by atoms with Crippen LogP contribution in [-0.4, -0.2) is 34.6 Å². The number of nitrogens with zero attached hydrogens (tertiary/aromatic N) is 2. The number of carbonyl (C=O) groups is 1. The summed E-state index contributed by atoms with van der Waals surface area (Å²) in [7, 11) is 2.04. The van der Waals surface area contributed by atoms with E-state index in [1.165, 1.54) is 17.8 Å². The van der Waals surface area contributed by atoms with Crippen LogP contribution in [0.3, 0.4) is 0 Å². The lowest BCUT2D eigenvalue weighted by Crippen LogP contribution is -2.30. The zero-order valence-corrected chi connectivity index (χ0v) is 9.46. The number of aromatic nitrogens is 1. The van der Waals surface area contributed by atoms with E-state index in [-0.39, 0.29) is 6.04 Å². The van der Waals surface area contributed by atoms with E-state index in [0.717, 1.165) is 25.1 Å². The van der Waals surface area contributed by atoms with Crippen molar-refractivity contribution in [3.8, 4) is 0 Å². The van der Waals surface area contributed by atoms with E-state index < -0.39 is 5.97 Å². The Labute approximate surface area is 92.6 Å². The van der Waals surface area contributed by atoms with Crippen LogP contribution in [0.4, 0.5) is 0 Å². The number of rotatable bonds is 2. The minimum atomic E-state index is -0.855. The molecule has 2 heterocycles. The molecule has 4 nitrogen and oxygen atoms in total. The van der Waals surface area contributed by atoms with Gasteiger partial charge in [0.25, 0.3) is 0 Å². The molecule has 0 spiro atoms. The smallest absolute Gasteiger partial charge is 0.347 e. The van der Waals surface area contributed by atoms with Gasteiger partial charge in [0.2, 0.25) is 0 Å². The number of piperidine rings is 1. The van der Waals surface area contributed by atoms with E-state index >= 15 is 0 Å². The maximum absolute atomic E-state index is 11.0. The standard InChI is InChI=1S/C10H14N2O2S/c1-12-5-3-2-4-7(12)8-9(10(13)14)15-6-11-8/h6-7H,2-5H2,1H3,(H,13,14). The van der Waals surface area contributed by atoms with Gasteiger partial charge in [-0.1, -0.05) is 6.42 Å². The van der Waals surface area contributed by atoms with Crippen LogP contribution in [0.15, 0.2) is 5.51 Å². The van der Waals surface area contributed by atoms with Gasteiger partial charge in [-0.05, 0) is 26.4 Å². The lowest BCUT2D eigenvalue weighted by atomic mass is 9.99. The fourth-order valence-corrected chi connectivity index (χ4v) is 2.75. The van der Waals surface area contributed by atoms with Gasteiger partial charge in [-0.2, -0.15) is 0 Å². The van der Waals surface area contributed by atoms with Crippen molar-refractivity contribution in [2.24, 2.45) is 0 Å². The highest BCUT2D eigenvalue weighted by Gasteiger charge is 2.27. The van der Waals surface area contributed by atoms with Gasteiger partial charge >= 0.3 is 5.97 Å². The zero-order valence-electron chi connectivity index (χ0n) is 8.64. The highest BCUT2D eigenvalue weighted by atomic mass is 32.1. The summed E-state index contributed by atoms with van der Waals surface area (Å²) in [6, 6.07) is 0.191. The Morgan fingerprint density at radius 2 is 2.47 bits per heavy atom. The number of hydrogen-bond donors (Lipinski definition) is 1. The molecule has 1 saturated heterocycles. The van der Waals surface area contributed by atoms with E-state index in [2.05, 4.69) is 9.88 Å². The molecule has 1 aliphatic rings. The minimum Gasteiger partial charge on any atom is -0.477 e. The summed E-state index contributed by atoms with van der Waals surface area (Å²) < 4.78 is 0. The average molecular weight is 226 g/mol. The number of aromatic carboxylic acids is 1. The van der Waals surface area contributed by atoms with Gasteiger partial charge < -0.3 is 5.11 Å². The molecule has 1 aromatic rings. The summed E-state index contributed by atoms with van der Waals surface area (Å²) in [4.78, 5) is 17.8. The zero-order chi connectivity index (χ0) is 10.8. The molecule has 5 heteroatoms. The molecular weight excluding hydrogens is 212 g/mol. The normalized spacial score (nSPS) is 22.9. The third kappa shape index (κ3) is 2.03. The fraction of sp³-hybridized carbons (Fsp3) is 0.600. The maximum Gasteiger partial charge on any atom is 0.347 e. The quantitative estimate of drug-likeness (QED) is 0.838. The van der Waals surface area contributed by atoms with Gasteiger partial charge in [0, 0.05) is 0 Å². The van der Waals surface area contributed by atoms with Crippen LogP contribution in [-0.2, 0) is 0 Å². The van der Waals surface area contributed by atoms with Crippen molar-refractivity contribution in [3.05, 3.63) is 16.1 Å². The Morgan fingerprint density at radius 3 is 3.13 bits per heavy atom. The Balaban J connectivity index is 2.27. The first-order valence-corrected chi connectivity index (χ1v) is 5.95. The molecular formula is C10H14N2O2S. The summed E-state index contributed by atoms with van der Waals surface area (Å²) in [6.07, 6.45) is 3.37. The molecule has 0 aromatic carbocycles. The molecule has 0 amide bonds. The second kappa shape index (κ2) is 4.28. The van der Waals surface area contributed by atoms with Gasteiger partial charge in [0.1, 0.15) is 4.88 Å². The van der Waals surface area contributed by atoms with Crippen LogP contribution in [0.2, 0.25) is 0 Å². The summed E-state index contributed by atoms with van der Waals surface area (Å²) in [5.74, 6) is -0.855. The first-order valence-electron chi connectivity index (χ1n) is 5.07. The van der Waals surface area contributed by atoms with Gasteiger partial charge in [0.15, 0.2) is 0 Å². The predicted octanol–water partition coefficient (Wildman–Crippen LogP) is 2.00. The summed E-state index contributed by atoms with van der Waals surface area (Å²) in [6.45, 7) is 1.03. The topological polar surface area (TPSA) is 53.4 Å². The van der Waals surface area contributed by atoms with E-state index in [9.17, 15) is 4.79 Å². The molecule has 1 fully saturated rings. The Kier molecular flexibility index (Phi) is 3.02. The monoisotopic (exact) mass is 226 g/mol. The lowest BCUT2D eigenvalue weighted by molar-refractivity contribution is 0.0696. The van der Waals surface area contributed by atoms with Crippen LogP contribution in [0.25, 0.3) is 0 Å². The van der Waals surface area contributed by atoms with Crippen LogP contribution in [0.1, 0.15) is 40.7 Å². The number of thiazole rings is 1. The Morgan fingerprint density at radius 1 is 1.67 bits per heavy atom. The molecule has 1 aromatic heterocycles. The van der Waals surface area contributed by atoms with E-state index in [1.807, 2.05) is 7.05 Å². The molecule has 1 unspecified atom stereocenters. The van der Waals surface area contributed by atoms with Crippen molar-refractivity contribution in [2.75, 3.05) is 13.6 Å². The maximum atomic E-state index is 11.0. The fourth-order valence-electron chi connectivity index (χ4n) is 2.07. The van der Waals surface area contributed by atoms with E-state index in [0.29, 0.717) is 4.88 Å². The van der Waals surface area contributed by atoms with Gasteiger partial charge in [0.05, 0.1) is 17.2 Å². The van der Waals surface area contributed by atoms with Crippen molar-refractivity contribution < 1.29 is 9.90 Å². The number of likely N-dealkylation sites (tertiary alicyclic amines) is 1. The number of hydrogen-bond acceptors (Lipinski definition) is 4. The van der Waals surface area contributed by atoms with Crippen molar-refractivity contribution in [3.63, 3.8) is 0 Å². The van der Waals surface area contributed by atoms with Crippen molar-refractivity contribution >= 4 is 17.3 Å². The van der Waals surface area contributed by atoms with Crippen LogP contribution in [0.5, 0.6) is 0 Å². The lowest BCUT2D eigenvalue weighted by Gasteiger charge is -2.31. The molecule has 0 radical (unpaired) electrons. The largest absolute Gasteiger partial charge is 0.477 e. The van der Waals surface area contributed by atoms with Crippen molar-refractivity contribution in [2.45, 2.75) is 25.3 Å². The molecule has 2 rings (SSSR count). The van der Waals surface area contributed by atoms with Gasteiger partial charge in [-0.3, -0.25) is 4.90 Å².